The predicted octanol–water partition coefficient (Wildman–Crippen LogP) is 11.4. The van der Waals surface area contributed by atoms with Gasteiger partial charge in [0.15, 0.2) is 0 Å². The number of aryl methyl sites for hydroxylation is 2. The number of phenolic OH excluding ortho intramolecular Hbond substituents is 4. The minimum absolute atomic E-state index is 0.0323. The molecule has 12 heteroatoms. The van der Waals surface area contributed by atoms with Gasteiger partial charge in [-0.25, -0.2) is 0 Å². The molecular weight excluding hydrogens is 933 g/mol. The highest BCUT2D eigenvalue weighted by Gasteiger charge is 2.30. The van der Waals surface area contributed by atoms with Gasteiger partial charge in [0.05, 0.1) is 13.1 Å². The number of amides is 2. The Balaban J connectivity index is 1.28. The van der Waals surface area contributed by atoms with E-state index in [1.54, 1.807) is 0 Å². The van der Waals surface area contributed by atoms with E-state index in [4.69, 9.17) is 9.47 Å². The molecular formula is C62H88N2O10. The van der Waals surface area contributed by atoms with Gasteiger partial charge in [-0.3, -0.25) is 19.2 Å². The first-order chi connectivity index (χ1) is 33.8. The Morgan fingerprint density at radius 3 is 0.932 bits per heavy atom. The summed E-state index contributed by atoms with van der Waals surface area (Å²) in [6.45, 7) is 36.7. The lowest BCUT2D eigenvalue weighted by atomic mass is 9.77. The van der Waals surface area contributed by atoms with Crippen molar-refractivity contribution < 1.29 is 49.1 Å². The van der Waals surface area contributed by atoms with E-state index in [0.29, 0.717) is 35.1 Å². The average Bonchev–Trinajstić information content (AvgIpc) is 3.25. The van der Waals surface area contributed by atoms with Gasteiger partial charge in [-0.2, -0.15) is 0 Å². The fourth-order valence-electron chi connectivity index (χ4n) is 8.76. The largest absolute Gasteiger partial charge is 0.507 e. The number of rotatable bonds is 16. The summed E-state index contributed by atoms with van der Waals surface area (Å²) in [5, 5.41) is 51.0. The molecule has 2 amide bonds. The number of nitrogens with one attached hydrogen (secondary N) is 2. The summed E-state index contributed by atoms with van der Waals surface area (Å²) < 4.78 is 10.8. The van der Waals surface area contributed by atoms with Crippen LogP contribution < -0.4 is 10.6 Å². The van der Waals surface area contributed by atoms with Gasteiger partial charge in [-0.1, -0.05) is 173 Å². The van der Waals surface area contributed by atoms with Crippen LogP contribution in [0.1, 0.15) is 204 Å². The van der Waals surface area contributed by atoms with Crippen molar-refractivity contribution in [2.24, 2.45) is 0 Å². The number of phenols is 4. The van der Waals surface area contributed by atoms with Crippen molar-refractivity contribution in [2.75, 3.05) is 26.3 Å². The number of hydrogen-bond donors (Lipinski definition) is 6. The van der Waals surface area contributed by atoms with Crippen LogP contribution in [-0.4, -0.2) is 70.5 Å². The highest BCUT2D eigenvalue weighted by Crippen LogP contribution is 2.43. The van der Waals surface area contributed by atoms with Crippen molar-refractivity contribution >= 4 is 23.8 Å². The minimum atomic E-state index is -0.932. The quantitative estimate of drug-likeness (QED) is 0.0358. The third-order valence-corrected chi connectivity index (χ3v) is 13.3. The molecule has 4 aromatic carbocycles. The van der Waals surface area contributed by atoms with Crippen molar-refractivity contribution in [2.45, 2.75) is 196 Å². The van der Waals surface area contributed by atoms with Crippen LogP contribution in [0.3, 0.4) is 0 Å². The molecule has 0 aromatic heterocycles. The maximum absolute atomic E-state index is 12.9. The predicted molar refractivity (Wildman–Crippen MR) is 295 cm³/mol. The zero-order valence-corrected chi connectivity index (χ0v) is 47.9. The molecule has 0 aliphatic rings. The Labute approximate surface area is 442 Å². The Kier molecular flexibility index (Phi) is 19.0. The van der Waals surface area contributed by atoms with Gasteiger partial charge < -0.3 is 40.5 Å². The van der Waals surface area contributed by atoms with Crippen molar-refractivity contribution in [1.29, 1.82) is 0 Å². The second-order valence-electron chi connectivity index (χ2n) is 26.2. The third kappa shape index (κ3) is 16.5. The Hall–Kier alpha value is -6.04. The maximum Gasteiger partial charge on any atom is 0.309 e. The molecule has 12 nitrogen and oxygen atoms in total. The summed E-state index contributed by atoms with van der Waals surface area (Å²) in [7, 11) is 0. The molecule has 4 rings (SSSR count). The van der Waals surface area contributed by atoms with Crippen LogP contribution in [0.15, 0.2) is 48.5 Å². The van der Waals surface area contributed by atoms with E-state index < -0.39 is 34.6 Å². The van der Waals surface area contributed by atoms with E-state index in [2.05, 4.69) is 106 Å². The van der Waals surface area contributed by atoms with Crippen molar-refractivity contribution in [3.63, 3.8) is 0 Å². The van der Waals surface area contributed by atoms with E-state index >= 15 is 0 Å². The van der Waals surface area contributed by atoms with Gasteiger partial charge in [-0.05, 0) is 112 Å². The van der Waals surface area contributed by atoms with E-state index in [1.807, 2.05) is 77.9 Å². The molecule has 0 radical (unpaired) electrons. The van der Waals surface area contributed by atoms with Crippen LogP contribution in [0.25, 0.3) is 0 Å². The van der Waals surface area contributed by atoms with Crippen molar-refractivity contribution in [3.05, 3.63) is 115 Å². The highest BCUT2D eigenvalue weighted by atomic mass is 16.5. The molecule has 0 aliphatic heterocycles. The molecule has 0 aliphatic carbocycles. The zero-order valence-electron chi connectivity index (χ0n) is 47.9. The Bertz CT molecular complexity index is 2510. The smallest absolute Gasteiger partial charge is 0.309 e. The number of carbonyl (C=O) groups is 4. The molecule has 0 saturated carbocycles. The van der Waals surface area contributed by atoms with Gasteiger partial charge in [0, 0.05) is 25.7 Å². The van der Waals surface area contributed by atoms with Gasteiger partial charge in [0.25, 0.3) is 0 Å². The van der Waals surface area contributed by atoms with Crippen LogP contribution in [0.2, 0.25) is 0 Å². The number of ether oxygens (including phenoxy) is 2. The lowest BCUT2D eigenvalue weighted by molar-refractivity contribution is -0.145. The lowest BCUT2D eigenvalue weighted by Gasteiger charge is -2.28. The maximum atomic E-state index is 12.9. The van der Waals surface area contributed by atoms with Gasteiger partial charge in [0.2, 0.25) is 0 Å². The summed E-state index contributed by atoms with van der Waals surface area (Å²) >= 11 is 0. The summed E-state index contributed by atoms with van der Waals surface area (Å²) in [5.74, 6) is -2.14. The summed E-state index contributed by atoms with van der Waals surface area (Å²) in [6, 6.07) is 15.7. The van der Waals surface area contributed by atoms with Crippen molar-refractivity contribution in [3.8, 4) is 23.0 Å². The fourth-order valence-corrected chi connectivity index (χ4v) is 8.76. The van der Waals surface area contributed by atoms with Crippen LogP contribution in [0.5, 0.6) is 23.0 Å². The number of hydrogen-bond acceptors (Lipinski definition) is 10. The van der Waals surface area contributed by atoms with Crippen LogP contribution in [-0.2, 0) is 86.8 Å². The first kappa shape index (κ1) is 60.5. The molecule has 0 spiro atoms. The summed E-state index contributed by atoms with van der Waals surface area (Å²) in [4.78, 5) is 50.7. The van der Waals surface area contributed by atoms with Gasteiger partial charge >= 0.3 is 23.8 Å². The van der Waals surface area contributed by atoms with E-state index in [0.717, 1.165) is 44.5 Å². The summed E-state index contributed by atoms with van der Waals surface area (Å²) in [5.41, 5.74) is 7.83. The first-order valence-corrected chi connectivity index (χ1v) is 26.1. The highest BCUT2D eigenvalue weighted by molar-refractivity contribution is 6.35. The molecule has 0 heterocycles. The molecule has 6 N–H and O–H groups in total. The number of benzene rings is 4. The number of carbonyl (C=O) groups excluding carboxylic acids is 4. The monoisotopic (exact) mass is 1020 g/mol. The number of esters is 2. The second kappa shape index (κ2) is 23.2. The second-order valence-corrected chi connectivity index (χ2v) is 26.2. The Morgan fingerprint density at radius 2 is 0.662 bits per heavy atom. The molecule has 74 heavy (non-hydrogen) atoms. The lowest BCUT2D eigenvalue weighted by Crippen LogP contribution is -2.42. The van der Waals surface area contributed by atoms with Crippen molar-refractivity contribution in [1.82, 2.24) is 10.6 Å². The van der Waals surface area contributed by atoms with E-state index in [1.165, 1.54) is 0 Å². The fraction of sp³-hybridized carbons (Fsp3) is 0.548. The molecule has 4 aromatic rings. The molecule has 406 valence electrons. The number of aromatic hydroxyl groups is 4. The first-order valence-electron chi connectivity index (χ1n) is 26.1. The Morgan fingerprint density at radius 1 is 0.392 bits per heavy atom. The molecule has 0 saturated heterocycles. The normalized spacial score (nSPS) is 12.6. The average molecular weight is 1020 g/mol. The van der Waals surface area contributed by atoms with E-state index in [-0.39, 0.29) is 96.6 Å². The van der Waals surface area contributed by atoms with Crippen LogP contribution >= 0.6 is 0 Å². The topological polar surface area (TPSA) is 192 Å². The summed E-state index contributed by atoms with van der Waals surface area (Å²) in [6.07, 6.45) is 1.28. The van der Waals surface area contributed by atoms with Crippen LogP contribution in [0, 0.1) is 0 Å². The minimum Gasteiger partial charge on any atom is -0.507 e. The third-order valence-electron chi connectivity index (χ3n) is 13.3. The van der Waals surface area contributed by atoms with Gasteiger partial charge in [0.1, 0.15) is 36.2 Å². The molecule has 0 unspecified atom stereocenters. The van der Waals surface area contributed by atoms with Crippen LogP contribution in [0.4, 0.5) is 0 Å². The zero-order chi connectivity index (χ0) is 56.1. The van der Waals surface area contributed by atoms with Gasteiger partial charge in [-0.15, -0.1) is 0 Å². The van der Waals surface area contributed by atoms with E-state index in [9.17, 15) is 39.6 Å². The molecule has 0 atom stereocenters. The SMILES string of the molecule is CC(C)(C)c1cc(Cc2cc(CCC(=O)OCCNC(=O)C(=O)NCCOC(=O)CCc3cc(Cc4cc(C(C)(C)C)cc(C(C)(C)C)c4O)c(O)c(C(C)(C)C)c3)cc(C(C)(C)C)c2O)c(O)c(C(C)(C)C)c1. The molecule has 0 fully saturated rings. The molecule has 0 bridgehead atoms. The standard InChI is InChI=1S/C62H88N2O10/c1-57(2,3)43-33-41(53(69)47(35-43)61(13,14)15)31-39-27-37(29-45(51(39)67)59(7,8)9)19-21-49(65)73-25-23-63-55(71)56(72)64-24-26-74-50(66)22-20-38-28-40(52(68)46(30-38)60(10,11)12)32-42-34-44(58(4,5)6)36-48(54(42)70)62(16,17)18/h27-30,33-36,67-70H,19-26,31-32H2,1-18H3,(H,63,71)(H,64,72).